The Morgan fingerprint density at radius 1 is 1.18 bits per heavy atom. The molecular formula is C19H27N5O3S. The molecule has 152 valence electrons. The lowest BCUT2D eigenvalue weighted by atomic mass is 9.92. The Labute approximate surface area is 166 Å². The van der Waals surface area contributed by atoms with Gasteiger partial charge in [-0.3, -0.25) is 4.90 Å². The SMILES string of the molecule is CC[C@@]1(N2CCN(S(=O)(=O)c3ccc(C#N)cc3)CC2)CCN(C(=O)NC)C1. The Morgan fingerprint density at radius 2 is 1.82 bits per heavy atom. The van der Waals surface area contributed by atoms with Crippen LogP contribution in [-0.4, -0.2) is 80.4 Å². The average Bonchev–Trinajstić information content (AvgIpc) is 3.19. The van der Waals surface area contributed by atoms with E-state index >= 15 is 0 Å². The summed E-state index contributed by atoms with van der Waals surface area (Å²) in [5.41, 5.74) is 0.354. The van der Waals surface area contributed by atoms with Crippen LogP contribution in [0.25, 0.3) is 0 Å². The van der Waals surface area contributed by atoms with Crippen molar-refractivity contribution < 1.29 is 13.2 Å². The highest BCUT2D eigenvalue weighted by Gasteiger charge is 2.44. The first-order valence-electron chi connectivity index (χ1n) is 9.58. The van der Waals surface area contributed by atoms with Crippen LogP contribution in [0.3, 0.4) is 0 Å². The minimum Gasteiger partial charge on any atom is -0.341 e. The number of urea groups is 1. The Kier molecular flexibility index (Phi) is 5.93. The first-order valence-corrected chi connectivity index (χ1v) is 11.0. The zero-order chi connectivity index (χ0) is 20.4. The van der Waals surface area contributed by atoms with Gasteiger partial charge in [0.2, 0.25) is 10.0 Å². The summed E-state index contributed by atoms with van der Waals surface area (Å²) >= 11 is 0. The van der Waals surface area contributed by atoms with Crippen molar-refractivity contribution in [3.8, 4) is 6.07 Å². The number of nitrogens with zero attached hydrogens (tertiary/aromatic N) is 4. The van der Waals surface area contributed by atoms with Gasteiger partial charge in [-0.25, -0.2) is 13.2 Å². The summed E-state index contributed by atoms with van der Waals surface area (Å²) in [5.74, 6) is 0. The van der Waals surface area contributed by atoms with E-state index in [1.54, 1.807) is 7.05 Å². The van der Waals surface area contributed by atoms with E-state index in [2.05, 4.69) is 17.1 Å². The van der Waals surface area contributed by atoms with E-state index in [0.29, 0.717) is 38.3 Å². The molecule has 0 saturated carbocycles. The van der Waals surface area contributed by atoms with Gasteiger partial charge in [0.05, 0.1) is 16.5 Å². The van der Waals surface area contributed by atoms with Crippen molar-refractivity contribution in [3.05, 3.63) is 29.8 Å². The summed E-state index contributed by atoms with van der Waals surface area (Å²) in [6, 6.07) is 7.98. The van der Waals surface area contributed by atoms with E-state index < -0.39 is 10.0 Å². The molecule has 0 radical (unpaired) electrons. The van der Waals surface area contributed by atoms with Gasteiger partial charge in [0, 0.05) is 51.9 Å². The number of rotatable bonds is 4. The maximum absolute atomic E-state index is 12.9. The highest BCUT2D eigenvalue weighted by atomic mass is 32.2. The molecule has 0 aromatic heterocycles. The number of hydrogen-bond donors (Lipinski definition) is 1. The molecule has 9 heteroatoms. The van der Waals surface area contributed by atoms with Gasteiger partial charge in [-0.1, -0.05) is 6.92 Å². The van der Waals surface area contributed by atoms with E-state index in [-0.39, 0.29) is 16.5 Å². The molecule has 2 saturated heterocycles. The minimum atomic E-state index is -3.57. The van der Waals surface area contributed by atoms with Gasteiger partial charge in [0.15, 0.2) is 0 Å². The Hall–Kier alpha value is -2.15. The van der Waals surface area contributed by atoms with Crippen LogP contribution in [0.2, 0.25) is 0 Å². The van der Waals surface area contributed by atoms with E-state index in [1.165, 1.54) is 28.6 Å². The monoisotopic (exact) mass is 405 g/mol. The molecule has 0 spiro atoms. The molecule has 28 heavy (non-hydrogen) atoms. The summed E-state index contributed by atoms with van der Waals surface area (Å²) in [7, 11) is -1.93. The lowest BCUT2D eigenvalue weighted by molar-refractivity contribution is 0.0574. The molecule has 3 rings (SSSR count). The van der Waals surface area contributed by atoms with E-state index in [4.69, 9.17) is 5.26 Å². The fourth-order valence-corrected chi connectivity index (χ4v) is 5.63. The molecule has 1 aromatic rings. The fraction of sp³-hybridized carbons (Fsp3) is 0.579. The second kappa shape index (κ2) is 8.07. The van der Waals surface area contributed by atoms with Crippen LogP contribution in [0.4, 0.5) is 4.79 Å². The van der Waals surface area contributed by atoms with Crippen LogP contribution in [0, 0.1) is 11.3 Å². The van der Waals surface area contributed by atoms with Gasteiger partial charge in [-0.15, -0.1) is 0 Å². The quantitative estimate of drug-likeness (QED) is 0.808. The smallest absolute Gasteiger partial charge is 0.317 e. The minimum absolute atomic E-state index is 0.0580. The molecule has 0 unspecified atom stereocenters. The summed E-state index contributed by atoms with van der Waals surface area (Å²) < 4.78 is 27.3. The lowest BCUT2D eigenvalue weighted by Crippen LogP contribution is -2.59. The highest BCUT2D eigenvalue weighted by Crippen LogP contribution is 2.33. The maximum Gasteiger partial charge on any atom is 0.317 e. The standard InChI is InChI=1S/C19H27N5O3S/c1-3-19(8-9-22(15-19)18(25)21-2)23-10-12-24(13-11-23)28(26,27)17-6-4-16(14-20)5-7-17/h4-7H,3,8-13,15H2,1-2H3,(H,21,25)/t19-/m1/s1. The predicted octanol–water partition coefficient (Wildman–Crippen LogP) is 1.06. The van der Waals surface area contributed by atoms with Crippen LogP contribution < -0.4 is 5.32 Å². The number of hydrogen-bond acceptors (Lipinski definition) is 5. The Morgan fingerprint density at radius 3 is 2.36 bits per heavy atom. The number of carbonyl (C=O) groups excluding carboxylic acids is 1. The Balaban J connectivity index is 1.68. The number of piperazine rings is 1. The van der Waals surface area contributed by atoms with Crippen LogP contribution in [0.5, 0.6) is 0 Å². The summed E-state index contributed by atoms with van der Waals surface area (Å²) in [5, 5.41) is 11.6. The number of likely N-dealkylation sites (tertiary alicyclic amines) is 1. The van der Waals surface area contributed by atoms with Crippen LogP contribution in [-0.2, 0) is 10.0 Å². The molecule has 2 heterocycles. The van der Waals surface area contributed by atoms with Crippen molar-refractivity contribution in [2.75, 3.05) is 46.3 Å². The van der Waals surface area contributed by atoms with Gasteiger partial charge in [0.25, 0.3) is 0 Å². The van der Waals surface area contributed by atoms with E-state index in [9.17, 15) is 13.2 Å². The molecule has 0 aliphatic carbocycles. The van der Waals surface area contributed by atoms with Crippen molar-refractivity contribution >= 4 is 16.1 Å². The van der Waals surface area contributed by atoms with E-state index in [0.717, 1.165) is 19.4 Å². The second-order valence-electron chi connectivity index (χ2n) is 7.33. The number of sulfonamides is 1. The third kappa shape index (κ3) is 3.72. The summed E-state index contributed by atoms with van der Waals surface area (Å²) in [6.45, 7) is 5.65. The molecule has 2 aliphatic heterocycles. The molecule has 8 nitrogen and oxygen atoms in total. The van der Waals surface area contributed by atoms with Crippen LogP contribution in [0.1, 0.15) is 25.3 Å². The molecule has 1 aromatic carbocycles. The molecule has 2 aliphatic rings. The van der Waals surface area contributed by atoms with Crippen molar-refractivity contribution in [1.29, 1.82) is 5.26 Å². The van der Waals surface area contributed by atoms with Crippen LogP contribution >= 0.6 is 0 Å². The number of carbonyl (C=O) groups is 1. The number of nitrogens with one attached hydrogen (secondary N) is 1. The van der Waals surface area contributed by atoms with Gasteiger partial charge in [-0.2, -0.15) is 9.57 Å². The van der Waals surface area contributed by atoms with Gasteiger partial charge in [-0.05, 0) is 37.1 Å². The topological polar surface area (TPSA) is 96.8 Å². The Bertz CT molecular complexity index is 857. The molecule has 2 amide bonds. The molecule has 2 fully saturated rings. The largest absolute Gasteiger partial charge is 0.341 e. The number of amides is 2. The predicted molar refractivity (Wildman–Crippen MR) is 105 cm³/mol. The van der Waals surface area contributed by atoms with Crippen molar-refractivity contribution in [1.82, 2.24) is 19.4 Å². The van der Waals surface area contributed by atoms with Gasteiger partial charge >= 0.3 is 6.03 Å². The first-order chi connectivity index (χ1) is 13.4. The normalized spacial score (nSPS) is 24.1. The third-order valence-electron chi connectivity index (χ3n) is 6.02. The first kappa shape index (κ1) is 20.6. The summed E-state index contributed by atoms with van der Waals surface area (Å²) in [4.78, 5) is 16.4. The third-order valence-corrected chi connectivity index (χ3v) is 7.93. The van der Waals surface area contributed by atoms with Gasteiger partial charge in [0.1, 0.15) is 0 Å². The highest BCUT2D eigenvalue weighted by molar-refractivity contribution is 7.89. The van der Waals surface area contributed by atoms with Crippen molar-refractivity contribution in [3.63, 3.8) is 0 Å². The van der Waals surface area contributed by atoms with Crippen molar-refractivity contribution in [2.45, 2.75) is 30.2 Å². The molecule has 0 bridgehead atoms. The molecule has 1 atom stereocenters. The zero-order valence-electron chi connectivity index (χ0n) is 16.4. The van der Waals surface area contributed by atoms with Gasteiger partial charge < -0.3 is 10.2 Å². The zero-order valence-corrected chi connectivity index (χ0v) is 17.2. The summed E-state index contributed by atoms with van der Waals surface area (Å²) in [6.07, 6.45) is 1.82. The molecular weight excluding hydrogens is 378 g/mol. The lowest BCUT2D eigenvalue weighted by Gasteiger charge is -2.45. The second-order valence-corrected chi connectivity index (χ2v) is 9.27. The van der Waals surface area contributed by atoms with Crippen molar-refractivity contribution in [2.24, 2.45) is 0 Å². The average molecular weight is 406 g/mol. The van der Waals surface area contributed by atoms with E-state index in [1.807, 2.05) is 11.0 Å². The molecule has 1 N–H and O–H groups in total. The number of benzene rings is 1. The fourth-order valence-electron chi connectivity index (χ4n) is 4.21. The number of nitriles is 1. The van der Waals surface area contributed by atoms with Crippen LogP contribution in [0.15, 0.2) is 29.2 Å². The maximum atomic E-state index is 12.9.